The maximum atomic E-state index is 11.9. The average molecular weight is 366 g/mol. The van der Waals surface area contributed by atoms with Gasteiger partial charge in [-0.3, -0.25) is 15.4 Å². The molecule has 0 unspecified atom stereocenters. The molecule has 1 aromatic heterocycles. The molecule has 0 saturated heterocycles. The van der Waals surface area contributed by atoms with Crippen LogP contribution in [0.3, 0.4) is 0 Å². The largest absolute Gasteiger partial charge is 0.338 e. The Morgan fingerprint density at radius 1 is 1.32 bits per heavy atom. The van der Waals surface area contributed by atoms with Gasteiger partial charge in [-0.25, -0.2) is 9.78 Å². The third-order valence-electron chi connectivity index (χ3n) is 4.05. The van der Waals surface area contributed by atoms with Crippen LogP contribution in [0.15, 0.2) is 18.2 Å². The lowest BCUT2D eigenvalue weighted by Gasteiger charge is -2.14. The number of carbonyl (C=O) groups excluding carboxylic acids is 1. The van der Waals surface area contributed by atoms with Gasteiger partial charge in [-0.15, -0.1) is 0 Å². The molecule has 0 aliphatic rings. The van der Waals surface area contributed by atoms with Gasteiger partial charge in [0.05, 0.1) is 34.8 Å². The summed E-state index contributed by atoms with van der Waals surface area (Å²) in [6, 6.07) is 4.15. The Labute approximate surface area is 150 Å². The molecule has 0 radical (unpaired) electrons. The van der Waals surface area contributed by atoms with Crippen LogP contribution in [0.1, 0.15) is 26.7 Å². The van der Waals surface area contributed by atoms with Crippen molar-refractivity contribution in [3.8, 4) is 0 Å². The van der Waals surface area contributed by atoms with Gasteiger partial charge in [0.15, 0.2) is 5.13 Å². The van der Waals surface area contributed by atoms with Crippen LogP contribution in [0, 0.1) is 10.1 Å². The highest BCUT2D eigenvalue weighted by Gasteiger charge is 2.11. The number of nitrogens with zero attached hydrogens (tertiary/aromatic N) is 2. The van der Waals surface area contributed by atoms with Crippen molar-refractivity contribution in [2.75, 3.05) is 31.5 Å². The molecular weight excluding hydrogens is 342 g/mol. The van der Waals surface area contributed by atoms with E-state index in [0.717, 1.165) is 32.5 Å². The Morgan fingerprint density at radius 2 is 2.08 bits per heavy atom. The van der Waals surface area contributed by atoms with E-state index in [1.54, 1.807) is 11.0 Å². The van der Waals surface area contributed by atoms with Crippen LogP contribution < -0.4 is 15.5 Å². The molecule has 0 saturated carbocycles. The van der Waals surface area contributed by atoms with E-state index in [1.165, 1.54) is 23.5 Å². The van der Waals surface area contributed by atoms with Crippen LogP contribution in [-0.4, -0.2) is 42.1 Å². The van der Waals surface area contributed by atoms with Gasteiger partial charge in [0.2, 0.25) is 0 Å². The van der Waals surface area contributed by atoms with Crippen LogP contribution in [0.25, 0.3) is 10.2 Å². The third-order valence-corrected chi connectivity index (χ3v) is 4.98. The van der Waals surface area contributed by atoms with Crippen molar-refractivity contribution >= 4 is 38.4 Å². The first-order chi connectivity index (χ1) is 12.0. The number of nitro groups is 1. The van der Waals surface area contributed by atoms with Crippen molar-refractivity contribution in [2.24, 2.45) is 0 Å². The number of carbonyl (C=O) groups is 1. The Hall–Kier alpha value is -2.26. The minimum atomic E-state index is -0.446. The number of thiazole rings is 1. The summed E-state index contributed by atoms with van der Waals surface area (Å²) in [7, 11) is 0. The number of quaternary nitrogens is 1. The van der Waals surface area contributed by atoms with Crippen LogP contribution in [0.4, 0.5) is 15.6 Å². The molecule has 2 rings (SSSR count). The molecule has 1 aromatic carbocycles. The smallest absolute Gasteiger partial charge is 0.321 e. The summed E-state index contributed by atoms with van der Waals surface area (Å²) < 4.78 is 0.673. The maximum absolute atomic E-state index is 11.9. The van der Waals surface area contributed by atoms with Crippen molar-refractivity contribution in [3.63, 3.8) is 0 Å². The highest BCUT2D eigenvalue weighted by atomic mass is 32.1. The number of benzene rings is 1. The van der Waals surface area contributed by atoms with Gasteiger partial charge in [-0.2, -0.15) is 0 Å². The van der Waals surface area contributed by atoms with E-state index in [0.29, 0.717) is 21.9 Å². The second-order valence-corrected chi connectivity index (χ2v) is 6.75. The third kappa shape index (κ3) is 5.64. The first-order valence-electron chi connectivity index (χ1n) is 8.46. The molecule has 0 atom stereocenters. The van der Waals surface area contributed by atoms with E-state index < -0.39 is 4.92 Å². The second kappa shape index (κ2) is 9.28. The number of non-ortho nitro benzene ring substituents is 1. The van der Waals surface area contributed by atoms with Crippen LogP contribution in [0.2, 0.25) is 0 Å². The van der Waals surface area contributed by atoms with Gasteiger partial charge in [-0.1, -0.05) is 11.3 Å². The lowest BCUT2D eigenvalue weighted by molar-refractivity contribution is -0.896. The number of urea groups is 1. The highest BCUT2D eigenvalue weighted by molar-refractivity contribution is 7.22. The van der Waals surface area contributed by atoms with Gasteiger partial charge in [-0.05, 0) is 32.8 Å². The number of nitrogens with one attached hydrogen (secondary N) is 3. The molecule has 0 bridgehead atoms. The summed E-state index contributed by atoms with van der Waals surface area (Å²) in [6.45, 7) is 8.34. The standard InChI is InChI=1S/C16H23N5O3S/c1-3-20(4-2)10-6-5-9-17-15(22)19-16-18-13-8-7-12(21(23)24)11-14(13)25-16/h7-8,11H,3-6,9-10H2,1-2H3,(H2,17,18,19,22)/p+1. The predicted octanol–water partition coefficient (Wildman–Crippen LogP) is 2.03. The molecule has 0 spiro atoms. The van der Waals surface area contributed by atoms with Crippen molar-refractivity contribution in [2.45, 2.75) is 26.7 Å². The Morgan fingerprint density at radius 3 is 2.76 bits per heavy atom. The summed E-state index contributed by atoms with van der Waals surface area (Å²) in [4.78, 5) is 28.1. The molecule has 0 aliphatic carbocycles. The number of amides is 2. The minimum Gasteiger partial charge on any atom is -0.338 e. The molecule has 2 amide bonds. The summed E-state index contributed by atoms with van der Waals surface area (Å²) in [5, 5.41) is 16.7. The molecule has 25 heavy (non-hydrogen) atoms. The van der Waals surface area contributed by atoms with Gasteiger partial charge in [0, 0.05) is 18.7 Å². The van der Waals surface area contributed by atoms with E-state index in [1.807, 2.05) is 0 Å². The first kappa shape index (κ1) is 19.1. The van der Waals surface area contributed by atoms with Gasteiger partial charge in [0.25, 0.3) is 5.69 Å². The number of anilines is 1. The molecular formula is C16H24N5O3S+. The van der Waals surface area contributed by atoms with Crippen molar-refractivity contribution < 1.29 is 14.6 Å². The zero-order valence-electron chi connectivity index (χ0n) is 14.5. The van der Waals surface area contributed by atoms with Crippen LogP contribution in [-0.2, 0) is 0 Å². The fourth-order valence-electron chi connectivity index (χ4n) is 2.53. The van der Waals surface area contributed by atoms with E-state index in [9.17, 15) is 14.9 Å². The zero-order valence-corrected chi connectivity index (χ0v) is 15.3. The average Bonchev–Trinajstić information content (AvgIpc) is 2.99. The van der Waals surface area contributed by atoms with Gasteiger partial charge in [0.1, 0.15) is 0 Å². The second-order valence-electron chi connectivity index (χ2n) is 5.72. The summed E-state index contributed by atoms with van der Waals surface area (Å²) >= 11 is 1.22. The van der Waals surface area contributed by atoms with E-state index >= 15 is 0 Å². The van der Waals surface area contributed by atoms with Crippen LogP contribution >= 0.6 is 11.3 Å². The fraction of sp³-hybridized carbons (Fsp3) is 0.500. The zero-order chi connectivity index (χ0) is 18.2. The molecule has 136 valence electrons. The van der Waals surface area contributed by atoms with E-state index in [2.05, 4.69) is 29.5 Å². The Balaban J connectivity index is 1.78. The van der Waals surface area contributed by atoms with Crippen molar-refractivity contribution in [1.82, 2.24) is 10.3 Å². The maximum Gasteiger partial charge on any atom is 0.321 e. The number of hydrogen-bond donors (Lipinski definition) is 3. The number of nitro benzene ring substituents is 1. The monoisotopic (exact) mass is 366 g/mol. The molecule has 1 heterocycles. The highest BCUT2D eigenvalue weighted by Crippen LogP contribution is 2.28. The summed E-state index contributed by atoms with van der Waals surface area (Å²) in [6.07, 6.45) is 2.01. The van der Waals surface area contributed by atoms with Crippen molar-refractivity contribution in [3.05, 3.63) is 28.3 Å². The lowest BCUT2D eigenvalue weighted by atomic mass is 10.3. The van der Waals surface area contributed by atoms with Crippen LogP contribution in [0.5, 0.6) is 0 Å². The molecule has 2 aromatic rings. The van der Waals surface area contributed by atoms with Crippen molar-refractivity contribution in [1.29, 1.82) is 0 Å². The quantitative estimate of drug-likeness (QED) is 0.359. The number of unbranched alkanes of at least 4 members (excludes halogenated alkanes) is 1. The number of rotatable bonds is 9. The Kier molecular flexibility index (Phi) is 7.08. The molecule has 9 heteroatoms. The predicted molar refractivity (Wildman–Crippen MR) is 99.4 cm³/mol. The summed E-state index contributed by atoms with van der Waals surface area (Å²) in [5.41, 5.74) is 0.649. The van der Waals surface area contributed by atoms with E-state index in [-0.39, 0.29) is 11.7 Å². The first-order valence-corrected chi connectivity index (χ1v) is 9.28. The minimum absolute atomic E-state index is 0.0162. The normalized spacial score (nSPS) is 11.0. The topological polar surface area (TPSA) is 102 Å². The molecule has 0 fully saturated rings. The summed E-state index contributed by atoms with van der Waals surface area (Å²) in [5.74, 6) is 0. The number of hydrogen-bond acceptors (Lipinski definition) is 5. The molecule has 3 N–H and O–H groups in total. The Bertz CT molecular complexity index is 730. The molecule has 8 nitrogen and oxygen atoms in total. The molecule has 0 aliphatic heterocycles. The SMILES string of the molecule is CC[NH+](CC)CCCCNC(=O)Nc1nc2ccc([N+](=O)[O-])cc2s1. The van der Waals surface area contributed by atoms with Gasteiger partial charge >= 0.3 is 6.03 Å². The number of fused-ring (bicyclic) bond motifs is 1. The van der Waals surface area contributed by atoms with E-state index in [4.69, 9.17) is 0 Å². The van der Waals surface area contributed by atoms with Gasteiger partial charge < -0.3 is 10.2 Å². The lowest BCUT2D eigenvalue weighted by Crippen LogP contribution is -3.11. The number of aromatic nitrogens is 1. The fourth-order valence-corrected chi connectivity index (χ4v) is 3.42.